The van der Waals surface area contributed by atoms with Crippen LogP contribution in [0, 0.1) is 6.08 Å². The van der Waals surface area contributed by atoms with Crippen LogP contribution < -0.4 is 0 Å². The molecular formula is C25H39. The summed E-state index contributed by atoms with van der Waals surface area (Å²) in [5, 5.41) is 0. The van der Waals surface area contributed by atoms with E-state index in [2.05, 4.69) is 55.5 Å². The van der Waals surface area contributed by atoms with Gasteiger partial charge in [-0.25, -0.2) is 0 Å². The molecule has 1 rings (SSSR count). The maximum Gasteiger partial charge on any atom is -0.0257 e. The van der Waals surface area contributed by atoms with Crippen molar-refractivity contribution in [1.82, 2.24) is 0 Å². The Balaban J connectivity index is 1.80. The van der Waals surface area contributed by atoms with E-state index >= 15 is 0 Å². The third kappa shape index (κ3) is 14.7. The predicted octanol–water partition coefficient (Wildman–Crippen LogP) is 8.54. The van der Waals surface area contributed by atoms with Gasteiger partial charge in [-0.15, -0.1) is 0 Å². The summed E-state index contributed by atoms with van der Waals surface area (Å²) in [6.07, 6.45) is 29.2. The topological polar surface area (TPSA) is 0 Å². The van der Waals surface area contributed by atoms with Crippen LogP contribution in [0.2, 0.25) is 0 Å². The first kappa shape index (κ1) is 21.7. The molecule has 0 atom stereocenters. The lowest BCUT2D eigenvalue weighted by Gasteiger charge is -2.02. The Bertz CT molecular complexity index is 427. The molecule has 0 aliphatic carbocycles. The van der Waals surface area contributed by atoms with Crippen molar-refractivity contribution in [2.75, 3.05) is 0 Å². The van der Waals surface area contributed by atoms with Gasteiger partial charge in [-0.1, -0.05) is 133 Å². The van der Waals surface area contributed by atoms with Crippen molar-refractivity contribution in [3.8, 4) is 0 Å². The summed E-state index contributed by atoms with van der Waals surface area (Å²) < 4.78 is 0. The zero-order valence-electron chi connectivity index (χ0n) is 16.5. The van der Waals surface area contributed by atoms with Crippen molar-refractivity contribution < 1.29 is 0 Å². The third-order valence-electron chi connectivity index (χ3n) is 4.73. The molecule has 0 bridgehead atoms. The molecular weight excluding hydrogens is 300 g/mol. The van der Waals surface area contributed by atoms with Crippen LogP contribution in [0.4, 0.5) is 0 Å². The second-order valence-corrected chi connectivity index (χ2v) is 7.13. The van der Waals surface area contributed by atoms with Crippen LogP contribution in [-0.4, -0.2) is 0 Å². The van der Waals surface area contributed by atoms with Gasteiger partial charge in [0, 0.05) is 0 Å². The SMILES string of the molecule is CCCCCCCCCCCCCCC/[C]=C/C=C/c1ccccc1. The van der Waals surface area contributed by atoms with Crippen LogP contribution in [0.1, 0.15) is 102 Å². The Labute approximate surface area is 157 Å². The number of hydrogen-bond acceptors (Lipinski definition) is 0. The highest BCUT2D eigenvalue weighted by Gasteiger charge is 1.93. The van der Waals surface area contributed by atoms with Crippen LogP contribution in [-0.2, 0) is 0 Å². The van der Waals surface area contributed by atoms with Gasteiger partial charge in [0.15, 0.2) is 0 Å². The Morgan fingerprint density at radius 2 is 1.20 bits per heavy atom. The molecule has 0 saturated carbocycles. The summed E-state index contributed by atoms with van der Waals surface area (Å²) >= 11 is 0. The molecule has 0 heteroatoms. The van der Waals surface area contributed by atoms with E-state index < -0.39 is 0 Å². The van der Waals surface area contributed by atoms with E-state index in [1.165, 1.54) is 89.0 Å². The van der Waals surface area contributed by atoms with E-state index in [-0.39, 0.29) is 0 Å². The second-order valence-electron chi connectivity index (χ2n) is 7.13. The van der Waals surface area contributed by atoms with Gasteiger partial charge in [0.2, 0.25) is 0 Å². The second kappa shape index (κ2) is 17.5. The molecule has 1 radical (unpaired) electrons. The highest BCUT2D eigenvalue weighted by atomic mass is 14.0. The summed E-state index contributed by atoms with van der Waals surface area (Å²) in [7, 11) is 0. The number of hydrogen-bond donors (Lipinski definition) is 0. The van der Waals surface area contributed by atoms with Gasteiger partial charge >= 0.3 is 0 Å². The molecule has 1 aromatic carbocycles. The van der Waals surface area contributed by atoms with Gasteiger partial charge in [0.1, 0.15) is 0 Å². The highest BCUT2D eigenvalue weighted by molar-refractivity contribution is 5.50. The van der Waals surface area contributed by atoms with E-state index in [0.717, 1.165) is 6.42 Å². The molecule has 0 aliphatic heterocycles. The van der Waals surface area contributed by atoms with Crippen LogP contribution in [0.25, 0.3) is 6.08 Å². The smallest absolute Gasteiger partial charge is 0.0257 e. The molecule has 0 saturated heterocycles. The first-order valence-electron chi connectivity index (χ1n) is 10.7. The van der Waals surface area contributed by atoms with Crippen molar-refractivity contribution in [3.63, 3.8) is 0 Å². The molecule has 139 valence electrons. The number of unbranched alkanes of at least 4 members (excludes halogenated alkanes) is 13. The van der Waals surface area contributed by atoms with Crippen molar-refractivity contribution in [2.24, 2.45) is 0 Å². The van der Waals surface area contributed by atoms with Gasteiger partial charge in [-0.3, -0.25) is 0 Å². The number of allylic oxidation sites excluding steroid dienone is 3. The Morgan fingerprint density at radius 1 is 0.680 bits per heavy atom. The molecule has 0 heterocycles. The zero-order valence-corrected chi connectivity index (χ0v) is 16.5. The van der Waals surface area contributed by atoms with E-state index in [1.54, 1.807) is 0 Å². The van der Waals surface area contributed by atoms with Gasteiger partial charge in [0.25, 0.3) is 0 Å². The summed E-state index contributed by atoms with van der Waals surface area (Å²) in [5.74, 6) is 0. The molecule has 0 spiro atoms. The van der Waals surface area contributed by atoms with Crippen molar-refractivity contribution in [2.45, 2.75) is 96.8 Å². The largest absolute Gasteiger partial charge is 0.0654 e. The van der Waals surface area contributed by atoms with E-state index in [1.807, 2.05) is 6.07 Å². The highest BCUT2D eigenvalue weighted by Crippen LogP contribution is 2.13. The fourth-order valence-corrected chi connectivity index (χ4v) is 3.12. The molecule has 1 aromatic rings. The minimum Gasteiger partial charge on any atom is -0.0654 e. The van der Waals surface area contributed by atoms with Gasteiger partial charge in [-0.2, -0.15) is 0 Å². The molecule has 25 heavy (non-hydrogen) atoms. The number of rotatable bonds is 16. The summed E-state index contributed by atoms with van der Waals surface area (Å²) in [6.45, 7) is 2.29. The van der Waals surface area contributed by atoms with E-state index in [4.69, 9.17) is 0 Å². The van der Waals surface area contributed by atoms with E-state index in [0.29, 0.717) is 0 Å². The molecule has 0 aromatic heterocycles. The maximum absolute atomic E-state index is 3.38. The lowest BCUT2D eigenvalue weighted by molar-refractivity contribution is 0.539. The predicted molar refractivity (Wildman–Crippen MR) is 114 cm³/mol. The van der Waals surface area contributed by atoms with Crippen LogP contribution >= 0.6 is 0 Å². The van der Waals surface area contributed by atoms with Gasteiger partial charge in [-0.05, 0) is 24.5 Å². The van der Waals surface area contributed by atoms with Gasteiger partial charge < -0.3 is 0 Å². The first-order valence-corrected chi connectivity index (χ1v) is 10.7. The molecule has 0 fully saturated rings. The average molecular weight is 340 g/mol. The summed E-state index contributed by atoms with van der Waals surface area (Å²) in [5.41, 5.74) is 1.25. The van der Waals surface area contributed by atoms with Gasteiger partial charge in [0.05, 0.1) is 0 Å². The van der Waals surface area contributed by atoms with Crippen LogP contribution in [0.5, 0.6) is 0 Å². The van der Waals surface area contributed by atoms with E-state index in [9.17, 15) is 0 Å². The standard InChI is InChI=1S/C25H39/c1-2-3-4-5-6-7-8-9-10-11-12-13-14-15-16-17-19-22-25-23-20-18-21-24-25/h17-24H,2-15H2,1H3/b17-16?,22-19+. The summed E-state index contributed by atoms with van der Waals surface area (Å²) in [6, 6.07) is 10.4. The van der Waals surface area contributed by atoms with Crippen molar-refractivity contribution in [3.05, 3.63) is 54.1 Å². The molecule has 0 nitrogen and oxygen atoms in total. The first-order chi connectivity index (χ1) is 12.4. The van der Waals surface area contributed by atoms with Crippen molar-refractivity contribution >= 4 is 6.08 Å². The van der Waals surface area contributed by atoms with Crippen LogP contribution in [0.15, 0.2) is 42.5 Å². The minimum atomic E-state index is 1.09. The fourth-order valence-electron chi connectivity index (χ4n) is 3.12. The Kier molecular flexibility index (Phi) is 15.2. The Morgan fingerprint density at radius 3 is 1.76 bits per heavy atom. The summed E-state index contributed by atoms with van der Waals surface area (Å²) in [4.78, 5) is 0. The number of benzene rings is 1. The fraction of sp³-hybridized carbons (Fsp3) is 0.600. The van der Waals surface area contributed by atoms with Crippen LogP contribution in [0.3, 0.4) is 0 Å². The Hall–Kier alpha value is -1.30. The molecule has 0 aliphatic rings. The average Bonchev–Trinajstić information content (AvgIpc) is 2.65. The molecule has 0 unspecified atom stereocenters. The minimum absolute atomic E-state index is 1.09. The quantitative estimate of drug-likeness (QED) is 0.209. The zero-order chi connectivity index (χ0) is 17.8. The normalized spacial score (nSPS) is 11.7. The monoisotopic (exact) mass is 339 g/mol. The third-order valence-corrected chi connectivity index (χ3v) is 4.73. The maximum atomic E-state index is 3.38. The van der Waals surface area contributed by atoms with Crippen molar-refractivity contribution in [1.29, 1.82) is 0 Å². The molecule has 0 N–H and O–H groups in total. The lowest BCUT2D eigenvalue weighted by Crippen LogP contribution is -1.82. The molecule has 0 amide bonds. The lowest BCUT2D eigenvalue weighted by atomic mass is 10.0.